The van der Waals surface area contributed by atoms with Crippen LogP contribution in [0.3, 0.4) is 0 Å². The number of hydrogen-bond donors (Lipinski definition) is 0. The zero-order chi connectivity index (χ0) is 9.80. The zero-order valence-electron chi connectivity index (χ0n) is 7.89. The summed E-state index contributed by atoms with van der Waals surface area (Å²) in [6.45, 7) is 0. The third kappa shape index (κ3) is 1.82. The van der Waals surface area contributed by atoms with Crippen LogP contribution in [0.2, 0.25) is 0 Å². The molecule has 0 saturated heterocycles. The van der Waals surface area contributed by atoms with Gasteiger partial charge >= 0.3 is 0 Å². The molecule has 2 rings (SSSR count). The van der Waals surface area contributed by atoms with Crippen LogP contribution in [0.25, 0.3) is 0 Å². The van der Waals surface area contributed by atoms with Gasteiger partial charge in [0, 0.05) is 11.5 Å². The first-order valence-corrected chi connectivity index (χ1v) is 4.78. The molecule has 70 valence electrons. The van der Waals surface area contributed by atoms with Crippen LogP contribution >= 0.6 is 0 Å². The lowest BCUT2D eigenvalue weighted by molar-refractivity contribution is 0.112. The van der Waals surface area contributed by atoms with Gasteiger partial charge < -0.3 is 0 Å². The van der Waals surface area contributed by atoms with Crippen molar-refractivity contribution >= 4 is 6.29 Å². The van der Waals surface area contributed by atoms with E-state index in [1.807, 2.05) is 18.2 Å². The number of carbonyl (C=O) groups is 1. The van der Waals surface area contributed by atoms with Gasteiger partial charge in [0.05, 0.1) is 0 Å². The van der Waals surface area contributed by atoms with Crippen LogP contribution in [-0.2, 0) is 0 Å². The monoisotopic (exact) mass is 184 g/mol. The van der Waals surface area contributed by atoms with Crippen molar-refractivity contribution < 1.29 is 4.79 Å². The summed E-state index contributed by atoms with van der Waals surface area (Å²) in [6, 6.07) is 7.80. The van der Waals surface area contributed by atoms with Crippen molar-refractivity contribution in [3.63, 3.8) is 0 Å². The molecule has 0 N–H and O–H groups in total. The van der Waals surface area contributed by atoms with Gasteiger partial charge in [-0.3, -0.25) is 4.79 Å². The van der Waals surface area contributed by atoms with Crippen molar-refractivity contribution in [2.75, 3.05) is 0 Å². The molecule has 1 aliphatic rings. The van der Waals surface area contributed by atoms with E-state index in [1.165, 1.54) is 5.56 Å². The molecule has 14 heavy (non-hydrogen) atoms. The lowest BCUT2D eigenvalue weighted by Crippen LogP contribution is -1.96. The van der Waals surface area contributed by atoms with Crippen molar-refractivity contribution in [2.24, 2.45) is 0 Å². The van der Waals surface area contributed by atoms with Crippen molar-refractivity contribution in [2.45, 2.75) is 12.3 Å². The van der Waals surface area contributed by atoms with E-state index in [0.29, 0.717) is 5.92 Å². The van der Waals surface area contributed by atoms with Crippen LogP contribution in [0, 0.1) is 0 Å². The predicted octanol–water partition coefficient (Wildman–Crippen LogP) is 3.10. The van der Waals surface area contributed by atoms with Crippen molar-refractivity contribution in [1.29, 1.82) is 0 Å². The molecule has 1 nitrogen and oxygen atoms in total. The summed E-state index contributed by atoms with van der Waals surface area (Å²) >= 11 is 0. The van der Waals surface area contributed by atoms with E-state index in [1.54, 1.807) is 0 Å². The highest BCUT2D eigenvalue weighted by Gasteiger charge is 2.08. The maximum atomic E-state index is 10.6. The van der Waals surface area contributed by atoms with Gasteiger partial charge in [-0.1, -0.05) is 42.5 Å². The van der Waals surface area contributed by atoms with E-state index in [-0.39, 0.29) is 0 Å². The van der Waals surface area contributed by atoms with Gasteiger partial charge in [-0.05, 0) is 18.1 Å². The summed E-state index contributed by atoms with van der Waals surface area (Å²) in [5.74, 6) is 0.430. The van der Waals surface area contributed by atoms with Crippen LogP contribution < -0.4 is 0 Å². The topological polar surface area (TPSA) is 17.1 Å². The fraction of sp³-hybridized carbons (Fsp3) is 0.154. The lowest BCUT2D eigenvalue weighted by Gasteiger charge is -2.13. The van der Waals surface area contributed by atoms with Crippen molar-refractivity contribution in [1.82, 2.24) is 0 Å². The lowest BCUT2D eigenvalue weighted by atomic mass is 9.92. The second kappa shape index (κ2) is 4.05. The minimum Gasteiger partial charge on any atom is -0.298 e. The Labute approximate surface area is 83.8 Å². The first-order valence-electron chi connectivity index (χ1n) is 4.78. The number of aldehydes is 1. The summed E-state index contributed by atoms with van der Waals surface area (Å²) in [4.78, 5) is 10.6. The first-order chi connectivity index (χ1) is 6.90. The van der Waals surface area contributed by atoms with Crippen molar-refractivity contribution in [3.05, 3.63) is 59.7 Å². The van der Waals surface area contributed by atoms with Crippen LogP contribution in [0.4, 0.5) is 0 Å². The van der Waals surface area contributed by atoms with Crippen LogP contribution in [0.1, 0.15) is 28.3 Å². The second-order valence-electron chi connectivity index (χ2n) is 3.44. The molecule has 0 heterocycles. The molecule has 0 spiro atoms. The van der Waals surface area contributed by atoms with Crippen LogP contribution in [0.5, 0.6) is 0 Å². The SMILES string of the molecule is O=Cc1cccc(C2C=CC=CC2)c1. The molecule has 1 atom stereocenters. The molecule has 0 saturated carbocycles. The molecule has 0 amide bonds. The summed E-state index contributed by atoms with van der Waals surface area (Å²) < 4.78 is 0. The molecular weight excluding hydrogens is 172 g/mol. The Hall–Kier alpha value is -1.63. The van der Waals surface area contributed by atoms with E-state index in [4.69, 9.17) is 0 Å². The molecule has 1 heteroatoms. The molecular formula is C13H12O. The maximum absolute atomic E-state index is 10.6. The molecule has 1 aromatic rings. The van der Waals surface area contributed by atoms with E-state index in [0.717, 1.165) is 18.3 Å². The summed E-state index contributed by atoms with van der Waals surface area (Å²) in [7, 11) is 0. The molecule has 0 fully saturated rings. The first kappa shape index (κ1) is 8.95. The Morgan fingerprint density at radius 3 is 2.93 bits per heavy atom. The minimum absolute atomic E-state index is 0.430. The van der Waals surface area contributed by atoms with Crippen LogP contribution in [0.15, 0.2) is 48.6 Å². The predicted molar refractivity (Wildman–Crippen MR) is 57.5 cm³/mol. The number of benzene rings is 1. The fourth-order valence-electron chi connectivity index (χ4n) is 1.69. The van der Waals surface area contributed by atoms with E-state index in [9.17, 15) is 4.79 Å². The summed E-state index contributed by atoms with van der Waals surface area (Å²) in [6.07, 6.45) is 10.4. The molecule has 1 aliphatic carbocycles. The molecule has 0 aromatic heterocycles. The van der Waals surface area contributed by atoms with Gasteiger partial charge in [0.25, 0.3) is 0 Å². The highest BCUT2D eigenvalue weighted by atomic mass is 16.1. The van der Waals surface area contributed by atoms with Gasteiger partial charge in [0.2, 0.25) is 0 Å². The Bertz CT molecular complexity index is 388. The molecule has 0 aliphatic heterocycles. The quantitative estimate of drug-likeness (QED) is 0.645. The normalized spacial score (nSPS) is 19.6. The summed E-state index contributed by atoms with van der Waals surface area (Å²) in [5.41, 5.74) is 1.97. The fourth-order valence-corrected chi connectivity index (χ4v) is 1.69. The third-order valence-corrected chi connectivity index (χ3v) is 2.46. The largest absolute Gasteiger partial charge is 0.298 e. The minimum atomic E-state index is 0.430. The highest BCUT2D eigenvalue weighted by molar-refractivity contribution is 5.75. The second-order valence-corrected chi connectivity index (χ2v) is 3.44. The number of carbonyl (C=O) groups excluding carboxylic acids is 1. The van der Waals surface area contributed by atoms with E-state index < -0.39 is 0 Å². The van der Waals surface area contributed by atoms with Crippen molar-refractivity contribution in [3.8, 4) is 0 Å². The Morgan fingerprint density at radius 1 is 1.29 bits per heavy atom. The van der Waals surface area contributed by atoms with E-state index >= 15 is 0 Å². The Morgan fingerprint density at radius 2 is 2.21 bits per heavy atom. The standard InChI is InChI=1S/C13H12O/c14-10-11-5-4-8-13(9-11)12-6-2-1-3-7-12/h1-6,8-10,12H,7H2. The molecule has 0 bridgehead atoms. The van der Waals surface area contributed by atoms with Gasteiger partial charge in [0.1, 0.15) is 6.29 Å². The number of allylic oxidation sites excluding steroid dienone is 4. The molecule has 0 radical (unpaired) electrons. The average Bonchev–Trinajstić information content (AvgIpc) is 2.30. The zero-order valence-corrected chi connectivity index (χ0v) is 7.89. The van der Waals surface area contributed by atoms with E-state index in [2.05, 4.69) is 30.4 Å². The molecule has 1 aromatic carbocycles. The smallest absolute Gasteiger partial charge is 0.150 e. The molecule has 1 unspecified atom stereocenters. The van der Waals surface area contributed by atoms with Gasteiger partial charge in [-0.25, -0.2) is 0 Å². The van der Waals surface area contributed by atoms with Gasteiger partial charge in [-0.2, -0.15) is 0 Å². The van der Waals surface area contributed by atoms with Gasteiger partial charge in [-0.15, -0.1) is 0 Å². The maximum Gasteiger partial charge on any atom is 0.150 e. The number of rotatable bonds is 2. The average molecular weight is 184 g/mol. The Balaban J connectivity index is 2.27. The van der Waals surface area contributed by atoms with Gasteiger partial charge in [0.15, 0.2) is 0 Å². The number of hydrogen-bond acceptors (Lipinski definition) is 1. The summed E-state index contributed by atoms with van der Waals surface area (Å²) in [5, 5.41) is 0. The Kier molecular flexibility index (Phi) is 2.59. The highest BCUT2D eigenvalue weighted by Crippen LogP contribution is 2.24. The third-order valence-electron chi connectivity index (χ3n) is 2.46. The van der Waals surface area contributed by atoms with Crippen LogP contribution in [-0.4, -0.2) is 6.29 Å².